The van der Waals surface area contributed by atoms with Crippen LogP contribution < -0.4 is 5.73 Å². The van der Waals surface area contributed by atoms with Crippen molar-refractivity contribution in [1.29, 1.82) is 0 Å². The van der Waals surface area contributed by atoms with E-state index >= 15 is 0 Å². The minimum Gasteiger partial charge on any atom is -0.477 e. The average Bonchev–Trinajstić information content (AvgIpc) is 2.68. The molecule has 0 bridgehead atoms. The number of anilines is 1. The molecule has 0 unspecified atom stereocenters. The van der Waals surface area contributed by atoms with Crippen LogP contribution in [0.5, 0.6) is 0 Å². The zero-order valence-corrected chi connectivity index (χ0v) is 10.1. The van der Waals surface area contributed by atoms with Crippen molar-refractivity contribution in [2.75, 3.05) is 5.73 Å². The Hall–Kier alpha value is -2.30. The molecule has 1 aromatic carbocycles. The number of hydrogen-bond donors (Lipinski definition) is 3. The first-order valence-electron chi connectivity index (χ1n) is 5.69. The highest BCUT2D eigenvalue weighted by molar-refractivity contribution is 5.93. The molecule has 0 amide bonds. The molecule has 2 rings (SSSR count). The zero-order chi connectivity index (χ0) is 13.1. The van der Waals surface area contributed by atoms with Crippen molar-refractivity contribution in [3.8, 4) is 0 Å². The van der Waals surface area contributed by atoms with Crippen molar-refractivity contribution in [2.45, 2.75) is 19.8 Å². The van der Waals surface area contributed by atoms with Crippen molar-refractivity contribution in [3.05, 3.63) is 46.6 Å². The number of nitrogen functional groups attached to an aromatic ring is 1. The van der Waals surface area contributed by atoms with Gasteiger partial charge in [0.15, 0.2) is 5.82 Å². The van der Waals surface area contributed by atoms with E-state index in [1.165, 1.54) is 11.1 Å². The van der Waals surface area contributed by atoms with Gasteiger partial charge in [-0.2, -0.15) is 5.10 Å². The highest BCUT2D eigenvalue weighted by atomic mass is 16.4. The van der Waals surface area contributed by atoms with Crippen LogP contribution in [0.2, 0.25) is 0 Å². The van der Waals surface area contributed by atoms with Gasteiger partial charge in [0.1, 0.15) is 5.56 Å². The molecule has 5 nitrogen and oxygen atoms in total. The van der Waals surface area contributed by atoms with Gasteiger partial charge in [0, 0.05) is 0 Å². The van der Waals surface area contributed by atoms with Crippen LogP contribution in [0.3, 0.4) is 0 Å². The Labute approximate surface area is 105 Å². The fourth-order valence-corrected chi connectivity index (χ4v) is 1.95. The molecule has 0 radical (unpaired) electrons. The second kappa shape index (κ2) is 4.91. The predicted octanol–water partition coefficient (Wildman–Crippen LogP) is 1.78. The summed E-state index contributed by atoms with van der Waals surface area (Å²) < 4.78 is 0. The Bertz CT molecular complexity index is 575. The largest absolute Gasteiger partial charge is 0.477 e. The molecule has 0 spiro atoms. The number of rotatable bonds is 4. The Morgan fingerprint density at radius 2 is 2.22 bits per heavy atom. The van der Waals surface area contributed by atoms with Crippen LogP contribution in [0.25, 0.3) is 0 Å². The van der Waals surface area contributed by atoms with Gasteiger partial charge in [-0.1, -0.05) is 29.8 Å². The summed E-state index contributed by atoms with van der Waals surface area (Å²) in [5.74, 6) is -0.998. The maximum Gasteiger partial charge on any atom is 0.341 e. The summed E-state index contributed by atoms with van der Waals surface area (Å²) in [7, 11) is 0. The van der Waals surface area contributed by atoms with Gasteiger partial charge in [-0.15, -0.1) is 0 Å². The van der Waals surface area contributed by atoms with Gasteiger partial charge in [0.2, 0.25) is 0 Å². The monoisotopic (exact) mass is 245 g/mol. The number of aryl methyl sites for hydroxylation is 3. The van der Waals surface area contributed by atoms with Crippen molar-refractivity contribution < 1.29 is 9.90 Å². The molecule has 0 atom stereocenters. The fourth-order valence-electron chi connectivity index (χ4n) is 1.95. The number of carboxylic acid groups (broad SMARTS) is 1. The van der Waals surface area contributed by atoms with E-state index in [4.69, 9.17) is 10.8 Å². The molecule has 1 heterocycles. The Balaban J connectivity index is 2.13. The minimum absolute atomic E-state index is 0.0433. The van der Waals surface area contributed by atoms with E-state index in [2.05, 4.69) is 16.3 Å². The maximum atomic E-state index is 11.0. The van der Waals surface area contributed by atoms with Crippen molar-refractivity contribution in [3.63, 3.8) is 0 Å². The van der Waals surface area contributed by atoms with Crippen LogP contribution in [0.4, 0.5) is 5.82 Å². The van der Waals surface area contributed by atoms with E-state index in [-0.39, 0.29) is 11.4 Å². The molecule has 0 saturated heterocycles. The lowest BCUT2D eigenvalue weighted by molar-refractivity contribution is 0.0697. The molecule has 18 heavy (non-hydrogen) atoms. The fraction of sp³-hybridized carbons (Fsp3) is 0.231. The van der Waals surface area contributed by atoms with Gasteiger partial charge in [-0.3, -0.25) is 5.10 Å². The summed E-state index contributed by atoms with van der Waals surface area (Å²) >= 11 is 0. The summed E-state index contributed by atoms with van der Waals surface area (Å²) in [5, 5.41) is 15.5. The standard InChI is InChI=1S/C13H15N3O2/c1-8-3-2-4-9(7-8)5-6-10-11(13(17)18)12(14)16-15-10/h2-4,7H,5-6H2,1H3,(H,17,18)(H3,14,15,16). The number of carbonyl (C=O) groups is 1. The normalized spacial score (nSPS) is 10.5. The van der Waals surface area contributed by atoms with E-state index < -0.39 is 5.97 Å². The number of benzene rings is 1. The smallest absolute Gasteiger partial charge is 0.341 e. The molecule has 0 saturated carbocycles. The second-order valence-corrected chi connectivity index (χ2v) is 4.26. The first kappa shape index (κ1) is 12.2. The molecule has 0 aliphatic rings. The van der Waals surface area contributed by atoms with Crippen LogP contribution in [0, 0.1) is 6.92 Å². The van der Waals surface area contributed by atoms with Crippen LogP contribution in [0.15, 0.2) is 24.3 Å². The first-order valence-corrected chi connectivity index (χ1v) is 5.69. The van der Waals surface area contributed by atoms with Crippen LogP contribution >= 0.6 is 0 Å². The number of H-pyrrole nitrogens is 1. The summed E-state index contributed by atoms with van der Waals surface area (Å²) in [6, 6.07) is 8.12. The Kier molecular flexibility index (Phi) is 3.32. The summed E-state index contributed by atoms with van der Waals surface area (Å²) in [6.45, 7) is 2.03. The number of nitrogens with one attached hydrogen (secondary N) is 1. The highest BCUT2D eigenvalue weighted by Crippen LogP contribution is 2.16. The summed E-state index contributed by atoms with van der Waals surface area (Å²) in [4.78, 5) is 11.0. The average molecular weight is 245 g/mol. The molecule has 94 valence electrons. The first-order chi connectivity index (χ1) is 8.58. The predicted molar refractivity (Wildman–Crippen MR) is 68.5 cm³/mol. The van der Waals surface area contributed by atoms with E-state index in [0.29, 0.717) is 12.1 Å². The van der Waals surface area contributed by atoms with Gasteiger partial charge in [-0.25, -0.2) is 4.79 Å². The topological polar surface area (TPSA) is 92.0 Å². The quantitative estimate of drug-likeness (QED) is 0.765. The molecule has 2 aromatic rings. The molecule has 0 fully saturated rings. The van der Waals surface area contributed by atoms with E-state index in [9.17, 15) is 4.79 Å². The van der Waals surface area contributed by atoms with Gasteiger partial charge in [0.25, 0.3) is 0 Å². The van der Waals surface area contributed by atoms with Crippen LogP contribution in [-0.2, 0) is 12.8 Å². The Morgan fingerprint density at radius 3 is 2.89 bits per heavy atom. The lowest BCUT2D eigenvalue weighted by atomic mass is 10.0. The van der Waals surface area contributed by atoms with Gasteiger partial charge < -0.3 is 10.8 Å². The highest BCUT2D eigenvalue weighted by Gasteiger charge is 2.17. The van der Waals surface area contributed by atoms with Crippen molar-refractivity contribution in [1.82, 2.24) is 10.2 Å². The lowest BCUT2D eigenvalue weighted by Crippen LogP contribution is -2.04. The molecule has 1 aromatic heterocycles. The van der Waals surface area contributed by atoms with Crippen molar-refractivity contribution >= 4 is 11.8 Å². The number of aromatic amines is 1. The molecule has 4 N–H and O–H groups in total. The number of hydrogen-bond acceptors (Lipinski definition) is 3. The molecule has 0 aliphatic heterocycles. The molecular weight excluding hydrogens is 230 g/mol. The number of carboxylic acids is 1. The summed E-state index contributed by atoms with van der Waals surface area (Å²) in [5.41, 5.74) is 8.52. The molecule has 5 heteroatoms. The number of nitrogens with zero attached hydrogens (tertiary/aromatic N) is 1. The van der Waals surface area contributed by atoms with E-state index in [1.807, 2.05) is 25.1 Å². The lowest BCUT2D eigenvalue weighted by Gasteiger charge is -2.02. The number of aromatic carboxylic acids is 1. The number of nitrogens with two attached hydrogens (primary N) is 1. The third-order valence-corrected chi connectivity index (χ3v) is 2.83. The summed E-state index contributed by atoms with van der Waals surface area (Å²) in [6.07, 6.45) is 1.33. The minimum atomic E-state index is -1.04. The van der Waals surface area contributed by atoms with E-state index in [1.54, 1.807) is 0 Å². The molecular formula is C13H15N3O2. The van der Waals surface area contributed by atoms with Gasteiger partial charge in [0.05, 0.1) is 5.69 Å². The molecule has 0 aliphatic carbocycles. The van der Waals surface area contributed by atoms with E-state index in [0.717, 1.165) is 6.42 Å². The number of aromatic nitrogens is 2. The third-order valence-electron chi connectivity index (χ3n) is 2.83. The van der Waals surface area contributed by atoms with Crippen LogP contribution in [-0.4, -0.2) is 21.3 Å². The zero-order valence-electron chi connectivity index (χ0n) is 10.1. The van der Waals surface area contributed by atoms with Gasteiger partial charge >= 0.3 is 5.97 Å². The maximum absolute atomic E-state index is 11.0. The van der Waals surface area contributed by atoms with Crippen LogP contribution in [0.1, 0.15) is 27.2 Å². The second-order valence-electron chi connectivity index (χ2n) is 4.26. The SMILES string of the molecule is Cc1cccc(CCc2[nH]nc(N)c2C(=O)O)c1. The van der Waals surface area contributed by atoms with Gasteiger partial charge in [-0.05, 0) is 25.3 Å². The van der Waals surface area contributed by atoms with Crippen molar-refractivity contribution in [2.24, 2.45) is 0 Å². The third kappa shape index (κ3) is 2.51. The Morgan fingerprint density at radius 1 is 1.44 bits per heavy atom.